The van der Waals surface area contributed by atoms with E-state index in [2.05, 4.69) is 47.5 Å². The van der Waals surface area contributed by atoms with Gasteiger partial charge in [-0.25, -0.2) is 14.6 Å². The number of hydrogen-bond donors (Lipinski definition) is 3. The minimum atomic E-state index is -1.08. The molecule has 0 fully saturated rings. The number of carboxylic acids is 1. The number of benzene rings is 1. The fourth-order valence-corrected chi connectivity index (χ4v) is 2.86. The Bertz CT molecular complexity index is 675. The van der Waals surface area contributed by atoms with Gasteiger partial charge in [-0.2, -0.15) is 0 Å². The van der Waals surface area contributed by atoms with E-state index in [1.54, 1.807) is 18.3 Å². The maximum Gasteiger partial charge on any atom is 0.336 e. The molecule has 0 aliphatic heterocycles. The predicted molar refractivity (Wildman–Crippen MR) is 83.6 cm³/mol. The number of carbonyl (C=O) groups excluding carboxylic acids is 1. The average molecular weight is 421 g/mol. The molecule has 0 unspecified atom stereocenters. The number of urea groups is 1. The van der Waals surface area contributed by atoms with Crippen molar-refractivity contribution in [2.24, 2.45) is 0 Å². The quantitative estimate of drug-likeness (QED) is 0.699. The van der Waals surface area contributed by atoms with Gasteiger partial charge in [-0.3, -0.25) is 5.32 Å². The minimum Gasteiger partial charge on any atom is -0.478 e. The number of hydrogen-bond acceptors (Lipinski definition) is 4. The van der Waals surface area contributed by atoms with Gasteiger partial charge in [-0.15, -0.1) is 0 Å². The number of nitrogens with one attached hydrogen (secondary N) is 2. The van der Waals surface area contributed by atoms with Gasteiger partial charge in [0, 0.05) is 10.2 Å². The summed E-state index contributed by atoms with van der Waals surface area (Å²) in [5.41, 5.74) is 0.443. The molecular formula is C11H7Br2N3O3S. The second kappa shape index (κ2) is 6.33. The largest absolute Gasteiger partial charge is 0.478 e. The molecule has 1 heterocycles. The predicted octanol–water partition coefficient (Wildman–Crippen LogP) is 4.01. The molecule has 104 valence electrons. The first-order valence-corrected chi connectivity index (χ1v) is 7.58. The molecule has 1 aromatic carbocycles. The lowest BCUT2D eigenvalue weighted by molar-refractivity contribution is 0.0696. The highest BCUT2D eigenvalue weighted by Crippen LogP contribution is 2.24. The van der Waals surface area contributed by atoms with E-state index in [-0.39, 0.29) is 5.56 Å². The standard InChI is InChI=1S/C11H7Br2N3O3S/c12-7-2-1-5(3-6(7)9(17)18)15-10(19)16-11-14-4-8(13)20-11/h1-4H,(H,17,18)(H2,14,15,16,19). The summed E-state index contributed by atoms with van der Waals surface area (Å²) in [6.07, 6.45) is 1.57. The van der Waals surface area contributed by atoms with Gasteiger partial charge in [-0.1, -0.05) is 11.3 Å². The van der Waals surface area contributed by atoms with Gasteiger partial charge in [-0.05, 0) is 50.1 Å². The van der Waals surface area contributed by atoms with Gasteiger partial charge in [0.15, 0.2) is 5.13 Å². The smallest absolute Gasteiger partial charge is 0.336 e. The lowest BCUT2D eigenvalue weighted by Gasteiger charge is -2.07. The monoisotopic (exact) mass is 419 g/mol. The molecule has 2 rings (SSSR count). The topological polar surface area (TPSA) is 91.3 Å². The maximum absolute atomic E-state index is 11.7. The van der Waals surface area contributed by atoms with Gasteiger partial charge in [0.1, 0.15) is 0 Å². The summed E-state index contributed by atoms with van der Waals surface area (Å²) in [5.74, 6) is -1.08. The Labute approximate surface area is 134 Å². The molecule has 1 aromatic heterocycles. The van der Waals surface area contributed by atoms with Crippen molar-refractivity contribution in [1.29, 1.82) is 0 Å². The SMILES string of the molecule is O=C(Nc1ccc(Br)c(C(=O)O)c1)Nc1ncc(Br)s1. The molecule has 2 amide bonds. The zero-order chi connectivity index (χ0) is 14.7. The highest BCUT2D eigenvalue weighted by molar-refractivity contribution is 9.11. The molecule has 0 saturated heterocycles. The number of halogens is 2. The number of rotatable bonds is 3. The number of anilines is 2. The van der Waals surface area contributed by atoms with E-state index in [4.69, 9.17) is 5.11 Å². The third kappa shape index (κ3) is 3.78. The van der Waals surface area contributed by atoms with Crippen LogP contribution in [0.15, 0.2) is 32.7 Å². The first kappa shape index (κ1) is 14.9. The van der Waals surface area contributed by atoms with Crippen LogP contribution in [0, 0.1) is 0 Å². The molecule has 0 saturated carbocycles. The molecular weight excluding hydrogens is 414 g/mol. The Morgan fingerprint density at radius 2 is 2.00 bits per heavy atom. The molecule has 6 nitrogen and oxygen atoms in total. The molecule has 9 heteroatoms. The Balaban J connectivity index is 2.08. The zero-order valence-electron chi connectivity index (χ0n) is 9.68. The van der Waals surface area contributed by atoms with E-state index in [1.807, 2.05) is 0 Å². The summed E-state index contributed by atoms with van der Waals surface area (Å²) in [6.45, 7) is 0. The number of aromatic carboxylic acids is 1. The van der Waals surface area contributed by atoms with Crippen LogP contribution in [-0.4, -0.2) is 22.1 Å². The lowest BCUT2D eigenvalue weighted by Crippen LogP contribution is -2.19. The Hall–Kier alpha value is -1.45. The van der Waals surface area contributed by atoms with Crippen molar-refractivity contribution in [3.63, 3.8) is 0 Å². The highest BCUT2D eigenvalue weighted by atomic mass is 79.9. The third-order valence-corrected chi connectivity index (χ3v) is 4.24. The molecule has 0 spiro atoms. The van der Waals surface area contributed by atoms with Crippen LogP contribution in [0.4, 0.5) is 15.6 Å². The Morgan fingerprint density at radius 3 is 2.60 bits per heavy atom. The van der Waals surface area contributed by atoms with Gasteiger partial charge in [0.2, 0.25) is 0 Å². The van der Waals surface area contributed by atoms with Crippen molar-refractivity contribution in [1.82, 2.24) is 4.98 Å². The molecule has 3 N–H and O–H groups in total. The van der Waals surface area contributed by atoms with Crippen LogP contribution < -0.4 is 10.6 Å². The van der Waals surface area contributed by atoms with Crippen LogP contribution in [0.5, 0.6) is 0 Å². The van der Waals surface area contributed by atoms with Crippen LogP contribution >= 0.6 is 43.2 Å². The molecule has 0 atom stereocenters. The number of amides is 2. The fourth-order valence-electron chi connectivity index (χ4n) is 1.34. The highest BCUT2D eigenvalue weighted by Gasteiger charge is 2.11. The van der Waals surface area contributed by atoms with Crippen molar-refractivity contribution >= 4 is 66.0 Å². The lowest BCUT2D eigenvalue weighted by atomic mass is 10.2. The Kier molecular flexibility index (Phi) is 4.73. The van der Waals surface area contributed by atoms with Crippen molar-refractivity contribution in [2.75, 3.05) is 10.6 Å². The van der Waals surface area contributed by atoms with Crippen molar-refractivity contribution < 1.29 is 14.7 Å². The number of carboxylic acid groups (broad SMARTS) is 1. The van der Waals surface area contributed by atoms with Crippen LogP contribution in [0.2, 0.25) is 0 Å². The van der Waals surface area contributed by atoms with Crippen molar-refractivity contribution in [3.8, 4) is 0 Å². The van der Waals surface area contributed by atoms with Crippen LogP contribution in [0.25, 0.3) is 0 Å². The summed E-state index contributed by atoms with van der Waals surface area (Å²) >= 11 is 7.64. The summed E-state index contributed by atoms with van der Waals surface area (Å²) < 4.78 is 1.24. The maximum atomic E-state index is 11.7. The molecule has 2 aromatic rings. The normalized spacial score (nSPS) is 10.1. The number of aromatic nitrogens is 1. The van der Waals surface area contributed by atoms with Crippen LogP contribution in [0.1, 0.15) is 10.4 Å². The summed E-state index contributed by atoms with van der Waals surface area (Å²) in [4.78, 5) is 26.7. The number of carbonyl (C=O) groups is 2. The average Bonchev–Trinajstić information content (AvgIpc) is 2.76. The summed E-state index contributed by atoms with van der Waals surface area (Å²) in [5, 5.41) is 14.5. The number of thiazole rings is 1. The van der Waals surface area contributed by atoms with E-state index in [0.29, 0.717) is 15.3 Å². The molecule has 0 aliphatic carbocycles. The first-order valence-electron chi connectivity index (χ1n) is 5.18. The molecule has 0 radical (unpaired) electrons. The van der Waals surface area contributed by atoms with E-state index in [0.717, 1.165) is 3.79 Å². The summed E-state index contributed by atoms with van der Waals surface area (Å²) in [6, 6.07) is 4.02. The van der Waals surface area contributed by atoms with Crippen molar-refractivity contribution in [3.05, 3.63) is 38.2 Å². The van der Waals surface area contributed by atoms with E-state index in [9.17, 15) is 9.59 Å². The second-order valence-electron chi connectivity index (χ2n) is 3.55. The molecule has 0 aliphatic rings. The third-order valence-electron chi connectivity index (χ3n) is 2.15. The second-order valence-corrected chi connectivity index (χ2v) is 6.81. The van der Waals surface area contributed by atoms with Gasteiger partial charge < -0.3 is 10.4 Å². The fraction of sp³-hybridized carbons (Fsp3) is 0. The Morgan fingerprint density at radius 1 is 1.25 bits per heavy atom. The van der Waals surface area contributed by atoms with Gasteiger partial charge in [0.25, 0.3) is 0 Å². The van der Waals surface area contributed by atoms with Crippen LogP contribution in [-0.2, 0) is 0 Å². The number of nitrogens with zero attached hydrogens (tertiary/aromatic N) is 1. The minimum absolute atomic E-state index is 0.0693. The van der Waals surface area contributed by atoms with Crippen molar-refractivity contribution in [2.45, 2.75) is 0 Å². The van der Waals surface area contributed by atoms with E-state index in [1.165, 1.54) is 17.4 Å². The van der Waals surface area contributed by atoms with E-state index >= 15 is 0 Å². The zero-order valence-corrected chi connectivity index (χ0v) is 13.7. The molecule has 20 heavy (non-hydrogen) atoms. The van der Waals surface area contributed by atoms with Crippen LogP contribution in [0.3, 0.4) is 0 Å². The van der Waals surface area contributed by atoms with Gasteiger partial charge >= 0.3 is 12.0 Å². The first-order chi connectivity index (χ1) is 9.45. The van der Waals surface area contributed by atoms with Gasteiger partial charge in [0.05, 0.1) is 15.5 Å². The molecule has 0 bridgehead atoms. The van der Waals surface area contributed by atoms with E-state index < -0.39 is 12.0 Å². The summed E-state index contributed by atoms with van der Waals surface area (Å²) in [7, 11) is 0.